The van der Waals surface area contributed by atoms with Crippen molar-refractivity contribution >= 4 is 11.8 Å². The molecular weight excluding hydrogens is 222 g/mol. The Labute approximate surface area is 106 Å². The Morgan fingerprint density at radius 2 is 1.78 bits per heavy atom. The lowest BCUT2D eigenvalue weighted by atomic mass is 9.90. The summed E-state index contributed by atoms with van der Waals surface area (Å²) in [5.41, 5.74) is 3.58. The first kappa shape index (κ1) is 9.77. The Morgan fingerprint density at radius 3 is 2.78 bits per heavy atom. The maximum absolute atomic E-state index is 6.15. The molecule has 1 N–H and O–H groups in total. The van der Waals surface area contributed by atoms with Crippen LogP contribution in [0.2, 0.25) is 0 Å². The summed E-state index contributed by atoms with van der Waals surface area (Å²) < 4.78 is 6.15. The van der Waals surface area contributed by atoms with Crippen molar-refractivity contribution in [2.24, 2.45) is 0 Å². The van der Waals surface area contributed by atoms with Gasteiger partial charge in [0.05, 0.1) is 11.7 Å². The average Bonchev–Trinajstić information content (AvgIpc) is 2.45. The third-order valence-corrected chi connectivity index (χ3v) is 3.57. The molecule has 0 bridgehead atoms. The number of rotatable bonds is 0. The van der Waals surface area contributed by atoms with Gasteiger partial charge in [-0.1, -0.05) is 48.6 Å². The van der Waals surface area contributed by atoms with E-state index in [1.807, 2.05) is 18.2 Å². The second kappa shape index (κ2) is 3.64. The van der Waals surface area contributed by atoms with Crippen molar-refractivity contribution in [3.05, 3.63) is 65.7 Å². The SMILES string of the molecule is C1=C[C@@H]2Nc3ccccc3OC2c2ccccc21. The minimum atomic E-state index is 0.0705. The zero-order valence-corrected chi connectivity index (χ0v) is 9.84. The first-order valence-corrected chi connectivity index (χ1v) is 6.21. The highest BCUT2D eigenvalue weighted by Gasteiger charge is 2.32. The van der Waals surface area contributed by atoms with Crippen molar-refractivity contribution in [3.63, 3.8) is 0 Å². The minimum absolute atomic E-state index is 0.0705. The third-order valence-electron chi connectivity index (χ3n) is 3.57. The molecule has 2 atom stereocenters. The molecule has 0 saturated carbocycles. The van der Waals surface area contributed by atoms with E-state index in [0.29, 0.717) is 0 Å². The van der Waals surface area contributed by atoms with Gasteiger partial charge in [-0.05, 0) is 17.7 Å². The largest absolute Gasteiger partial charge is 0.481 e. The van der Waals surface area contributed by atoms with Gasteiger partial charge in [-0.3, -0.25) is 0 Å². The highest BCUT2D eigenvalue weighted by molar-refractivity contribution is 5.65. The molecule has 2 aliphatic rings. The third kappa shape index (κ3) is 1.35. The molecule has 2 aromatic rings. The summed E-state index contributed by atoms with van der Waals surface area (Å²) in [6.45, 7) is 0. The summed E-state index contributed by atoms with van der Waals surface area (Å²) in [6.07, 6.45) is 4.42. The first-order chi connectivity index (χ1) is 8.92. The van der Waals surface area contributed by atoms with Crippen LogP contribution < -0.4 is 10.1 Å². The quantitative estimate of drug-likeness (QED) is 0.753. The number of hydrogen-bond acceptors (Lipinski definition) is 2. The fourth-order valence-electron chi connectivity index (χ4n) is 2.69. The van der Waals surface area contributed by atoms with Gasteiger partial charge in [-0.15, -0.1) is 0 Å². The van der Waals surface area contributed by atoms with Crippen molar-refractivity contribution < 1.29 is 4.74 Å². The Balaban J connectivity index is 1.82. The summed E-state index contributed by atoms with van der Waals surface area (Å²) in [5, 5.41) is 3.53. The van der Waals surface area contributed by atoms with E-state index in [-0.39, 0.29) is 12.1 Å². The van der Waals surface area contributed by atoms with Gasteiger partial charge < -0.3 is 10.1 Å². The zero-order chi connectivity index (χ0) is 11.9. The van der Waals surface area contributed by atoms with Crippen LogP contribution >= 0.6 is 0 Å². The van der Waals surface area contributed by atoms with Gasteiger partial charge in [0.25, 0.3) is 0 Å². The van der Waals surface area contributed by atoms with Crippen LogP contribution in [0.4, 0.5) is 5.69 Å². The van der Waals surface area contributed by atoms with Crippen LogP contribution in [0.25, 0.3) is 6.08 Å². The second-order valence-corrected chi connectivity index (χ2v) is 4.69. The molecule has 0 saturated heterocycles. The summed E-state index contributed by atoms with van der Waals surface area (Å²) in [7, 11) is 0. The van der Waals surface area contributed by atoms with E-state index in [9.17, 15) is 0 Å². The van der Waals surface area contributed by atoms with E-state index in [2.05, 4.69) is 47.8 Å². The second-order valence-electron chi connectivity index (χ2n) is 4.69. The van der Waals surface area contributed by atoms with Gasteiger partial charge in [0, 0.05) is 5.56 Å². The summed E-state index contributed by atoms with van der Waals surface area (Å²) in [4.78, 5) is 0. The van der Waals surface area contributed by atoms with Gasteiger partial charge in [0.1, 0.15) is 11.9 Å². The smallest absolute Gasteiger partial charge is 0.148 e. The predicted octanol–water partition coefficient (Wildman–Crippen LogP) is 3.63. The molecular formula is C16H13NO. The van der Waals surface area contributed by atoms with Gasteiger partial charge in [0.15, 0.2) is 0 Å². The normalized spacial score (nSPS) is 23.1. The molecule has 0 radical (unpaired) electrons. The summed E-state index contributed by atoms with van der Waals surface area (Å²) >= 11 is 0. The summed E-state index contributed by atoms with van der Waals surface area (Å²) in [5.74, 6) is 0.934. The molecule has 1 unspecified atom stereocenters. The zero-order valence-electron chi connectivity index (χ0n) is 9.84. The standard InChI is InChI=1S/C16H13NO/c1-2-6-12-11(5-1)9-10-14-16(12)18-15-8-4-3-7-13(15)17-14/h1-10,14,16-17H/t14-,16?/m0/s1. The molecule has 18 heavy (non-hydrogen) atoms. The molecule has 2 heteroatoms. The van der Waals surface area contributed by atoms with Crippen molar-refractivity contribution in [3.8, 4) is 5.75 Å². The van der Waals surface area contributed by atoms with Crippen LogP contribution in [0.15, 0.2) is 54.6 Å². The Bertz CT molecular complexity index is 632. The minimum Gasteiger partial charge on any atom is -0.481 e. The van der Waals surface area contributed by atoms with E-state index >= 15 is 0 Å². The van der Waals surface area contributed by atoms with Gasteiger partial charge in [-0.25, -0.2) is 0 Å². The Hall–Kier alpha value is -2.22. The van der Waals surface area contributed by atoms with Gasteiger partial charge >= 0.3 is 0 Å². The number of fused-ring (bicyclic) bond motifs is 4. The van der Waals surface area contributed by atoms with Crippen LogP contribution in [0.1, 0.15) is 17.2 Å². The van der Waals surface area contributed by atoms with E-state index in [1.54, 1.807) is 0 Å². The molecule has 0 spiro atoms. The van der Waals surface area contributed by atoms with Crippen LogP contribution in [-0.4, -0.2) is 6.04 Å². The van der Waals surface area contributed by atoms with Gasteiger partial charge in [-0.2, -0.15) is 0 Å². The topological polar surface area (TPSA) is 21.3 Å². The Morgan fingerprint density at radius 1 is 0.944 bits per heavy atom. The lowest BCUT2D eigenvalue weighted by molar-refractivity contribution is 0.186. The van der Waals surface area contributed by atoms with E-state index in [4.69, 9.17) is 4.74 Å². The molecule has 0 aromatic heterocycles. The van der Waals surface area contributed by atoms with E-state index in [1.165, 1.54) is 11.1 Å². The molecule has 1 aliphatic heterocycles. The lowest BCUT2D eigenvalue weighted by Crippen LogP contribution is -2.35. The lowest BCUT2D eigenvalue weighted by Gasteiger charge is -2.36. The van der Waals surface area contributed by atoms with E-state index in [0.717, 1.165) is 11.4 Å². The highest BCUT2D eigenvalue weighted by Crippen LogP contribution is 2.40. The number of ether oxygens (including phenoxy) is 1. The molecule has 1 aliphatic carbocycles. The molecule has 88 valence electrons. The monoisotopic (exact) mass is 235 g/mol. The van der Waals surface area contributed by atoms with Crippen LogP contribution in [0.5, 0.6) is 5.75 Å². The van der Waals surface area contributed by atoms with Crippen LogP contribution in [-0.2, 0) is 0 Å². The number of nitrogens with one attached hydrogen (secondary N) is 1. The molecule has 0 fully saturated rings. The Kier molecular flexibility index (Phi) is 1.97. The molecule has 0 amide bonds. The van der Waals surface area contributed by atoms with Crippen molar-refractivity contribution in [1.82, 2.24) is 0 Å². The fraction of sp³-hybridized carbons (Fsp3) is 0.125. The highest BCUT2D eigenvalue weighted by atomic mass is 16.5. The maximum atomic E-state index is 6.15. The van der Waals surface area contributed by atoms with Crippen LogP contribution in [0.3, 0.4) is 0 Å². The summed E-state index contributed by atoms with van der Waals surface area (Å²) in [6, 6.07) is 16.7. The average molecular weight is 235 g/mol. The number of hydrogen-bond donors (Lipinski definition) is 1. The number of benzene rings is 2. The predicted molar refractivity (Wildman–Crippen MR) is 72.7 cm³/mol. The van der Waals surface area contributed by atoms with Crippen LogP contribution in [0, 0.1) is 0 Å². The molecule has 4 rings (SSSR count). The molecule has 2 aromatic carbocycles. The molecule has 1 heterocycles. The first-order valence-electron chi connectivity index (χ1n) is 6.21. The van der Waals surface area contributed by atoms with Crippen molar-refractivity contribution in [1.29, 1.82) is 0 Å². The maximum Gasteiger partial charge on any atom is 0.148 e. The van der Waals surface area contributed by atoms with E-state index < -0.39 is 0 Å². The number of anilines is 1. The van der Waals surface area contributed by atoms with Crippen molar-refractivity contribution in [2.45, 2.75) is 12.1 Å². The number of para-hydroxylation sites is 2. The van der Waals surface area contributed by atoms with Crippen molar-refractivity contribution in [2.75, 3.05) is 5.32 Å². The van der Waals surface area contributed by atoms with Gasteiger partial charge in [0.2, 0.25) is 0 Å². The molecule has 2 nitrogen and oxygen atoms in total. The fourth-order valence-corrected chi connectivity index (χ4v) is 2.69.